The summed E-state index contributed by atoms with van der Waals surface area (Å²) >= 11 is 1.33. The molecule has 1 amide bonds. The number of carbonyl (C=O) groups excluding carboxylic acids is 1. The topological polar surface area (TPSA) is 38.3 Å². The van der Waals surface area contributed by atoms with Crippen molar-refractivity contribution < 1.29 is 22.7 Å². The summed E-state index contributed by atoms with van der Waals surface area (Å²) in [6, 6.07) is 12.3. The highest BCUT2D eigenvalue weighted by Crippen LogP contribution is 2.34. The van der Waals surface area contributed by atoms with Crippen LogP contribution in [0.4, 0.5) is 18.9 Å². The van der Waals surface area contributed by atoms with E-state index in [1.165, 1.54) is 30.0 Å². The number of hydrogen-bond donors (Lipinski definition) is 1. The molecular formula is C17H16F3NO2S. The van der Waals surface area contributed by atoms with E-state index in [2.05, 4.69) is 5.32 Å². The van der Waals surface area contributed by atoms with Crippen molar-refractivity contribution >= 4 is 23.4 Å². The van der Waals surface area contributed by atoms with Gasteiger partial charge in [0.2, 0.25) is 5.91 Å². The maximum absolute atomic E-state index is 12.9. The molecular weight excluding hydrogens is 339 g/mol. The van der Waals surface area contributed by atoms with Crippen molar-refractivity contribution in [1.82, 2.24) is 0 Å². The predicted octanol–water partition coefficient (Wildman–Crippen LogP) is 4.59. The summed E-state index contributed by atoms with van der Waals surface area (Å²) in [5.41, 5.74) is -0.0668. The van der Waals surface area contributed by atoms with E-state index in [1.807, 2.05) is 24.3 Å². The van der Waals surface area contributed by atoms with Gasteiger partial charge in [-0.3, -0.25) is 4.79 Å². The standard InChI is InChI=1S/C17H16F3NO2S/c1-23-13-8-6-12(7-9-13)10-24-11-16(22)21-15-5-3-2-4-14(15)17(18,19)20/h2-9H,10-11H2,1H3,(H,21,22). The van der Waals surface area contributed by atoms with Gasteiger partial charge in [0.25, 0.3) is 0 Å². The van der Waals surface area contributed by atoms with Gasteiger partial charge in [0.05, 0.1) is 24.1 Å². The maximum Gasteiger partial charge on any atom is 0.418 e. The zero-order valence-corrected chi connectivity index (χ0v) is 13.7. The molecule has 2 aromatic carbocycles. The highest BCUT2D eigenvalue weighted by molar-refractivity contribution is 7.99. The lowest BCUT2D eigenvalue weighted by Gasteiger charge is -2.13. The second-order valence-electron chi connectivity index (χ2n) is 4.93. The lowest BCUT2D eigenvalue weighted by atomic mass is 10.1. The van der Waals surface area contributed by atoms with Crippen LogP contribution in [0.5, 0.6) is 5.75 Å². The summed E-state index contributed by atoms with van der Waals surface area (Å²) in [5.74, 6) is 0.923. The number of benzene rings is 2. The SMILES string of the molecule is COc1ccc(CSCC(=O)Nc2ccccc2C(F)(F)F)cc1. The average Bonchev–Trinajstić information content (AvgIpc) is 2.55. The smallest absolute Gasteiger partial charge is 0.418 e. The van der Waals surface area contributed by atoms with Crippen LogP contribution < -0.4 is 10.1 Å². The lowest BCUT2D eigenvalue weighted by molar-refractivity contribution is -0.137. The van der Waals surface area contributed by atoms with Crippen molar-refractivity contribution in [2.45, 2.75) is 11.9 Å². The molecule has 0 saturated heterocycles. The van der Waals surface area contributed by atoms with Crippen LogP contribution in [0.15, 0.2) is 48.5 Å². The molecule has 0 spiro atoms. The van der Waals surface area contributed by atoms with Crippen LogP contribution in [0.3, 0.4) is 0 Å². The van der Waals surface area contributed by atoms with Gasteiger partial charge < -0.3 is 10.1 Å². The Morgan fingerprint density at radius 3 is 2.42 bits per heavy atom. The number of halogens is 3. The number of alkyl halides is 3. The van der Waals surface area contributed by atoms with Gasteiger partial charge in [-0.25, -0.2) is 0 Å². The van der Waals surface area contributed by atoms with Crippen LogP contribution in [0.25, 0.3) is 0 Å². The Kier molecular flexibility index (Phi) is 6.14. The first-order valence-corrected chi connectivity index (χ1v) is 8.22. The Morgan fingerprint density at radius 1 is 1.12 bits per heavy atom. The third kappa shape index (κ3) is 5.19. The number of rotatable bonds is 6. The monoisotopic (exact) mass is 355 g/mol. The van der Waals surface area contributed by atoms with Gasteiger partial charge >= 0.3 is 6.18 Å². The third-order valence-electron chi connectivity index (χ3n) is 3.17. The molecule has 0 aliphatic heterocycles. The van der Waals surface area contributed by atoms with E-state index in [4.69, 9.17) is 4.74 Å². The Labute approximate surface area is 142 Å². The molecule has 3 nitrogen and oxygen atoms in total. The van der Waals surface area contributed by atoms with E-state index in [-0.39, 0.29) is 11.4 Å². The Bertz CT molecular complexity index is 687. The molecule has 2 aromatic rings. The zero-order chi connectivity index (χ0) is 17.6. The van der Waals surface area contributed by atoms with Gasteiger partial charge in [0.15, 0.2) is 0 Å². The van der Waals surface area contributed by atoms with Gasteiger partial charge in [-0.1, -0.05) is 24.3 Å². The number of ether oxygens (including phenoxy) is 1. The van der Waals surface area contributed by atoms with Crippen LogP contribution in [0, 0.1) is 0 Å². The second kappa shape index (κ2) is 8.10. The molecule has 0 bridgehead atoms. The summed E-state index contributed by atoms with van der Waals surface area (Å²) in [5, 5.41) is 2.32. The number of nitrogens with one attached hydrogen (secondary N) is 1. The highest BCUT2D eigenvalue weighted by Gasteiger charge is 2.33. The molecule has 0 aliphatic carbocycles. The van der Waals surface area contributed by atoms with Gasteiger partial charge in [0.1, 0.15) is 5.75 Å². The van der Waals surface area contributed by atoms with Crippen molar-refractivity contribution in [2.24, 2.45) is 0 Å². The summed E-state index contributed by atoms with van der Waals surface area (Å²) in [4.78, 5) is 11.9. The molecule has 0 heterocycles. The number of para-hydroxylation sites is 1. The highest BCUT2D eigenvalue weighted by atomic mass is 32.2. The number of thioether (sulfide) groups is 1. The first-order valence-electron chi connectivity index (χ1n) is 7.07. The van der Waals surface area contributed by atoms with Crippen LogP contribution in [0.1, 0.15) is 11.1 Å². The first-order chi connectivity index (χ1) is 11.4. The first kappa shape index (κ1) is 18.2. The Morgan fingerprint density at radius 2 is 1.79 bits per heavy atom. The van der Waals surface area contributed by atoms with Crippen molar-refractivity contribution in [3.63, 3.8) is 0 Å². The molecule has 0 radical (unpaired) electrons. The van der Waals surface area contributed by atoms with Crippen LogP contribution >= 0.6 is 11.8 Å². The molecule has 1 N–H and O–H groups in total. The van der Waals surface area contributed by atoms with Crippen molar-refractivity contribution in [3.8, 4) is 5.75 Å². The summed E-state index contributed by atoms with van der Waals surface area (Å²) in [6.45, 7) is 0. The second-order valence-corrected chi connectivity index (χ2v) is 5.92. The molecule has 0 unspecified atom stereocenters. The van der Waals surface area contributed by atoms with Crippen LogP contribution in [0.2, 0.25) is 0 Å². The minimum absolute atomic E-state index is 0.0677. The average molecular weight is 355 g/mol. The molecule has 0 saturated carbocycles. The number of amides is 1. The number of anilines is 1. The van der Waals surface area contributed by atoms with E-state index in [9.17, 15) is 18.0 Å². The van der Waals surface area contributed by atoms with Crippen molar-refractivity contribution in [3.05, 3.63) is 59.7 Å². The fourth-order valence-corrected chi connectivity index (χ4v) is 2.80. The van der Waals surface area contributed by atoms with Gasteiger partial charge in [-0.15, -0.1) is 11.8 Å². The van der Waals surface area contributed by atoms with E-state index < -0.39 is 17.6 Å². The molecule has 0 atom stereocenters. The fourth-order valence-electron chi connectivity index (χ4n) is 2.01. The Balaban J connectivity index is 1.87. The summed E-state index contributed by atoms with van der Waals surface area (Å²) < 4.78 is 43.7. The molecule has 0 aliphatic rings. The normalized spacial score (nSPS) is 11.2. The molecule has 128 valence electrons. The maximum atomic E-state index is 12.9. The number of hydrogen-bond acceptors (Lipinski definition) is 3. The van der Waals surface area contributed by atoms with E-state index in [0.717, 1.165) is 17.4 Å². The zero-order valence-electron chi connectivity index (χ0n) is 12.9. The van der Waals surface area contributed by atoms with Crippen LogP contribution in [-0.2, 0) is 16.7 Å². The fraction of sp³-hybridized carbons (Fsp3) is 0.235. The van der Waals surface area contributed by atoms with E-state index >= 15 is 0 Å². The summed E-state index contributed by atoms with van der Waals surface area (Å²) in [7, 11) is 1.58. The van der Waals surface area contributed by atoms with Crippen molar-refractivity contribution in [2.75, 3.05) is 18.2 Å². The molecule has 24 heavy (non-hydrogen) atoms. The van der Waals surface area contributed by atoms with E-state index in [0.29, 0.717) is 5.75 Å². The van der Waals surface area contributed by atoms with Gasteiger partial charge in [0, 0.05) is 5.75 Å². The molecule has 2 rings (SSSR count). The van der Waals surface area contributed by atoms with Crippen LogP contribution in [-0.4, -0.2) is 18.8 Å². The minimum Gasteiger partial charge on any atom is -0.497 e. The number of carbonyl (C=O) groups is 1. The predicted molar refractivity (Wildman–Crippen MR) is 89.2 cm³/mol. The summed E-state index contributed by atoms with van der Waals surface area (Å²) in [6.07, 6.45) is -4.50. The minimum atomic E-state index is -4.50. The molecule has 0 aromatic heterocycles. The molecule has 7 heteroatoms. The Hall–Kier alpha value is -2.15. The quantitative estimate of drug-likeness (QED) is 0.824. The lowest BCUT2D eigenvalue weighted by Crippen LogP contribution is -2.18. The third-order valence-corrected chi connectivity index (χ3v) is 4.17. The molecule has 0 fully saturated rings. The van der Waals surface area contributed by atoms with Gasteiger partial charge in [-0.2, -0.15) is 13.2 Å². The largest absolute Gasteiger partial charge is 0.497 e. The van der Waals surface area contributed by atoms with Gasteiger partial charge in [-0.05, 0) is 29.8 Å². The van der Waals surface area contributed by atoms with Crippen molar-refractivity contribution in [1.29, 1.82) is 0 Å². The van der Waals surface area contributed by atoms with E-state index in [1.54, 1.807) is 7.11 Å². The number of methoxy groups -OCH3 is 1.